The average Bonchev–Trinajstić information content (AvgIpc) is 2.82. The van der Waals surface area contributed by atoms with E-state index in [4.69, 9.17) is 4.74 Å². The summed E-state index contributed by atoms with van der Waals surface area (Å²) in [6, 6.07) is -0.0363. The van der Waals surface area contributed by atoms with E-state index >= 15 is 0 Å². The van der Waals surface area contributed by atoms with Crippen molar-refractivity contribution in [3.63, 3.8) is 0 Å². The molecule has 1 heterocycles. The van der Waals surface area contributed by atoms with Gasteiger partial charge in [-0.15, -0.1) is 0 Å². The first kappa shape index (κ1) is 15.6. The molecule has 116 valence electrons. The number of nitrogens with one attached hydrogen (secondary N) is 2. The SMILES string of the molecule is CC1(CO)CCCC1NC(=O)NCCC1CCCCO1. The number of carbonyl (C=O) groups excluding carboxylic acids is 1. The van der Waals surface area contributed by atoms with Crippen molar-refractivity contribution < 1.29 is 14.6 Å². The van der Waals surface area contributed by atoms with E-state index in [1.165, 1.54) is 6.42 Å². The van der Waals surface area contributed by atoms with Gasteiger partial charge in [-0.25, -0.2) is 4.79 Å². The molecular weight excluding hydrogens is 256 g/mol. The monoisotopic (exact) mass is 284 g/mol. The van der Waals surface area contributed by atoms with Crippen molar-refractivity contribution in [1.29, 1.82) is 0 Å². The molecule has 0 radical (unpaired) electrons. The number of carbonyl (C=O) groups is 1. The van der Waals surface area contributed by atoms with Crippen molar-refractivity contribution in [3.05, 3.63) is 0 Å². The van der Waals surface area contributed by atoms with Crippen LogP contribution < -0.4 is 10.6 Å². The molecule has 1 aliphatic heterocycles. The van der Waals surface area contributed by atoms with Crippen LogP contribution in [0.3, 0.4) is 0 Å². The van der Waals surface area contributed by atoms with Crippen LogP contribution >= 0.6 is 0 Å². The number of amides is 2. The molecule has 3 N–H and O–H groups in total. The fourth-order valence-electron chi connectivity index (χ4n) is 3.26. The Kier molecular flexibility index (Phi) is 5.66. The predicted octanol–water partition coefficient (Wildman–Crippen LogP) is 1.80. The molecule has 5 heteroatoms. The molecule has 0 bridgehead atoms. The quantitative estimate of drug-likeness (QED) is 0.721. The van der Waals surface area contributed by atoms with Gasteiger partial charge in [0.1, 0.15) is 0 Å². The third kappa shape index (κ3) is 4.09. The highest BCUT2D eigenvalue weighted by molar-refractivity contribution is 5.74. The smallest absolute Gasteiger partial charge is 0.315 e. The van der Waals surface area contributed by atoms with Crippen molar-refractivity contribution in [2.75, 3.05) is 19.8 Å². The van der Waals surface area contributed by atoms with E-state index in [1.54, 1.807) is 0 Å². The van der Waals surface area contributed by atoms with Gasteiger partial charge in [0, 0.05) is 24.6 Å². The summed E-state index contributed by atoms with van der Waals surface area (Å²) in [4.78, 5) is 11.9. The van der Waals surface area contributed by atoms with E-state index < -0.39 is 0 Å². The minimum atomic E-state index is -0.163. The van der Waals surface area contributed by atoms with Crippen LogP contribution in [0, 0.1) is 5.41 Å². The molecule has 0 aromatic rings. The zero-order valence-electron chi connectivity index (χ0n) is 12.5. The number of aliphatic hydroxyl groups excluding tert-OH is 1. The molecule has 5 nitrogen and oxygen atoms in total. The summed E-state index contributed by atoms with van der Waals surface area (Å²) in [6.07, 6.45) is 7.68. The maximum absolute atomic E-state index is 11.9. The first-order valence-corrected chi connectivity index (χ1v) is 7.91. The van der Waals surface area contributed by atoms with Gasteiger partial charge in [-0.3, -0.25) is 0 Å². The van der Waals surface area contributed by atoms with E-state index in [0.29, 0.717) is 12.6 Å². The Morgan fingerprint density at radius 2 is 2.20 bits per heavy atom. The molecule has 3 atom stereocenters. The molecule has 0 aromatic carbocycles. The number of aliphatic hydroxyl groups is 1. The Morgan fingerprint density at radius 3 is 2.90 bits per heavy atom. The first-order chi connectivity index (χ1) is 9.64. The third-order valence-corrected chi connectivity index (χ3v) is 4.77. The largest absolute Gasteiger partial charge is 0.396 e. The highest BCUT2D eigenvalue weighted by atomic mass is 16.5. The molecule has 3 unspecified atom stereocenters. The summed E-state index contributed by atoms with van der Waals surface area (Å²) in [5.41, 5.74) is -0.163. The van der Waals surface area contributed by atoms with Gasteiger partial charge in [0.05, 0.1) is 12.7 Å². The van der Waals surface area contributed by atoms with Crippen LogP contribution in [0.15, 0.2) is 0 Å². The van der Waals surface area contributed by atoms with Gasteiger partial charge in [0.15, 0.2) is 0 Å². The highest BCUT2D eigenvalue weighted by Gasteiger charge is 2.39. The maximum Gasteiger partial charge on any atom is 0.315 e. The fourth-order valence-corrected chi connectivity index (χ4v) is 3.26. The van der Waals surface area contributed by atoms with Crippen LogP contribution in [0.4, 0.5) is 4.79 Å². The van der Waals surface area contributed by atoms with Gasteiger partial charge >= 0.3 is 6.03 Å². The Labute approximate surface area is 121 Å². The van der Waals surface area contributed by atoms with E-state index in [1.807, 2.05) is 6.92 Å². The molecule has 2 fully saturated rings. The minimum absolute atomic E-state index is 0.0819. The number of rotatable bonds is 5. The van der Waals surface area contributed by atoms with Crippen molar-refractivity contribution in [2.45, 2.75) is 64.0 Å². The van der Waals surface area contributed by atoms with Gasteiger partial charge in [-0.1, -0.05) is 13.3 Å². The zero-order chi connectivity index (χ0) is 14.4. The standard InChI is InChI=1S/C15H28N2O3/c1-15(11-18)8-4-6-13(15)17-14(19)16-9-7-12-5-2-3-10-20-12/h12-13,18H,2-11H2,1H3,(H2,16,17,19). The predicted molar refractivity (Wildman–Crippen MR) is 77.6 cm³/mol. The van der Waals surface area contributed by atoms with Crippen LogP contribution in [0.1, 0.15) is 51.9 Å². The van der Waals surface area contributed by atoms with Crippen LogP contribution in [0.2, 0.25) is 0 Å². The zero-order valence-corrected chi connectivity index (χ0v) is 12.5. The van der Waals surface area contributed by atoms with E-state index in [2.05, 4.69) is 10.6 Å². The lowest BCUT2D eigenvalue weighted by molar-refractivity contribution is 0.0119. The van der Waals surface area contributed by atoms with Crippen LogP contribution in [-0.2, 0) is 4.74 Å². The number of urea groups is 1. The van der Waals surface area contributed by atoms with Crippen LogP contribution in [0.25, 0.3) is 0 Å². The molecule has 0 aromatic heterocycles. The molecule has 2 rings (SSSR count). The Bertz CT molecular complexity index is 318. The van der Waals surface area contributed by atoms with Crippen LogP contribution in [-0.4, -0.2) is 43.0 Å². The summed E-state index contributed by atoms with van der Waals surface area (Å²) in [6.45, 7) is 3.68. The van der Waals surface area contributed by atoms with E-state index in [0.717, 1.165) is 45.1 Å². The minimum Gasteiger partial charge on any atom is -0.396 e. The second-order valence-electron chi connectivity index (χ2n) is 6.43. The van der Waals surface area contributed by atoms with Crippen molar-refractivity contribution in [2.24, 2.45) is 5.41 Å². The lowest BCUT2D eigenvalue weighted by atomic mass is 9.86. The molecule has 20 heavy (non-hydrogen) atoms. The second-order valence-corrected chi connectivity index (χ2v) is 6.43. The molecule has 1 saturated heterocycles. The maximum atomic E-state index is 11.9. The molecule has 2 amide bonds. The van der Waals surface area contributed by atoms with Crippen molar-refractivity contribution in [3.8, 4) is 0 Å². The summed E-state index contributed by atoms with van der Waals surface area (Å²) >= 11 is 0. The summed E-state index contributed by atoms with van der Waals surface area (Å²) in [5, 5.41) is 15.4. The number of ether oxygens (including phenoxy) is 1. The third-order valence-electron chi connectivity index (χ3n) is 4.77. The van der Waals surface area contributed by atoms with Crippen molar-refractivity contribution >= 4 is 6.03 Å². The number of hydrogen-bond acceptors (Lipinski definition) is 3. The van der Waals surface area contributed by atoms with Gasteiger partial charge in [-0.2, -0.15) is 0 Å². The fraction of sp³-hybridized carbons (Fsp3) is 0.933. The molecule has 2 aliphatic rings. The molecular formula is C15H28N2O3. The molecule has 1 saturated carbocycles. The summed E-state index contributed by atoms with van der Waals surface area (Å²) in [7, 11) is 0. The van der Waals surface area contributed by atoms with Gasteiger partial charge < -0.3 is 20.5 Å². The second kappa shape index (κ2) is 7.27. The van der Waals surface area contributed by atoms with Crippen molar-refractivity contribution in [1.82, 2.24) is 10.6 Å². The summed E-state index contributed by atoms with van der Waals surface area (Å²) < 4.78 is 5.64. The van der Waals surface area contributed by atoms with E-state index in [-0.39, 0.29) is 24.1 Å². The Morgan fingerprint density at radius 1 is 1.35 bits per heavy atom. The molecule has 0 spiro atoms. The lowest BCUT2D eigenvalue weighted by Gasteiger charge is -2.30. The van der Waals surface area contributed by atoms with Gasteiger partial charge in [0.25, 0.3) is 0 Å². The average molecular weight is 284 g/mol. The summed E-state index contributed by atoms with van der Waals surface area (Å²) in [5.74, 6) is 0. The topological polar surface area (TPSA) is 70.6 Å². The Balaban J connectivity index is 1.65. The first-order valence-electron chi connectivity index (χ1n) is 7.91. The van der Waals surface area contributed by atoms with E-state index in [9.17, 15) is 9.90 Å². The van der Waals surface area contributed by atoms with Gasteiger partial charge in [-0.05, 0) is 38.5 Å². The number of hydrogen-bond donors (Lipinski definition) is 3. The van der Waals surface area contributed by atoms with Gasteiger partial charge in [0.2, 0.25) is 0 Å². The van der Waals surface area contributed by atoms with Crippen LogP contribution in [0.5, 0.6) is 0 Å². The lowest BCUT2D eigenvalue weighted by Crippen LogP contribution is -2.49. The normalized spacial score (nSPS) is 33.9. The Hall–Kier alpha value is -0.810. The highest BCUT2D eigenvalue weighted by Crippen LogP contribution is 2.37. The molecule has 1 aliphatic carbocycles.